The van der Waals surface area contributed by atoms with Gasteiger partial charge in [0.2, 0.25) is 5.91 Å². The zero-order chi connectivity index (χ0) is 26.0. The SMILES string of the molecule is C[C@@H](/C=C/CCn1cc(CCO)nn1)[C@]1(O)C(=O)N(Cc2ccc(N3CCC3=O)cc2)c2ccccc21. The van der Waals surface area contributed by atoms with Crippen LogP contribution in [0.15, 0.2) is 66.9 Å². The van der Waals surface area contributed by atoms with Crippen molar-refractivity contribution in [3.8, 4) is 0 Å². The molecule has 2 amide bonds. The molecule has 3 heterocycles. The fourth-order valence-electron chi connectivity index (χ4n) is 4.93. The van der Waals surface area contributed by atoms with E-state index in [-0.39, 0.29) is 18.4 Å². The molecule has 2 aliphatic heterocycles. The Balaban J connectivity index is 1.28. The van der Waals surface area contributed by atoms with Crippen LogP contribution in [0.4, 0.5) is 11.4 Å². The number of para-hydroxylation sites is 1. The minimum Gasteiger partial charge on any atom is -0.396 e. The summed E-state index contributed by atoms with van der Waals surface area (Å²) >= 11 is 0. The molecule has 37 heavy (non-hydrogen) atoms. The number of aryl methyl sites for hydroxylation is 1. The summed E-state index contributed by atoms with van der Waals surface area (Å²) in [7, 11) is 0. The number of allylic oxidation sites excluding steroid dienone is 1. The Bertz CT molecular complexity index is 1320. The van der Waals surface area contributed by atoms with Crippen molar-refractivity contribution in [2.45, 2.75) is 44.9 Å². The van der Waals surface area contributed by atoms with Gasteiger partial charge in [-0.25, -0.2) is 0 Å². The van der Waals surface area contributed by atoms with Crippen molar-refractivity contribution >= 4 is 23.2 Å². The van der Waals surface area contributed by atoms with Crippen LogP contribution >= 0.6 is 0 Å². The third-order valence-corrected chi connectivity index (χ3v) is 7.18. The summed E-state index contributed by atoms with van der Waals surface area (Å²) in [6, 6.07) is 15.0. The summed E-state index contributed by atoms with van der Waals surface area (Å²) in [5.74, 6) is -0.680. The number of amides is 2. The molecule has 2 aliphatic rings. The Morgan fingerprint density at radius 2 is 1.92 bits per heavy atom. The molecule has 9 heteroatoms. The fraction of sp³-hybridized carbons (Fsp3) is 0.357. The summed E-state index contributed by atoms with van der Waals surface area (Å²) in [6.07, 6.45) is 7.35. The van der Waals surface area contributed by atoms with Gasteiger partial charge in [0.1, 0.15) is 0 Å². The molecule has 9 nitrogen and oxygen atoms in total. The van der Waals surface area contributed by atoms with Crippen molar-refractivity contribution in [2.24, 2.45) is 5.92 Å². The molecular weight excluding hydrogens is 470 g/mol. The van der Waals surface area contributed by atoms with Crippen LogP contribution in [0, 0.1) is 5.92 Å². The average Bonchev–Trinajstić information content (AvgIpc) is 3.44. The van der Waals surface area contributed by atoms with Crippen LogP contribution in [-0.2, 0) is 34.7 Å². The van der Waals surface area contributed by atoms with Gasteiger partial charge >= 0.3 is 0 Å². The van der Waals surface area contributed by atoms with Crippen LogP contribution in [0.5, 0.6) is 0 Å². The Morgan fingerprint density at radius 1 is 1.14 bits per heavy atom. The highest BCUT2D eigenvalue weighted by atomic mass is 16.3. The van der Waals surface area contributed by atoms with Crippen LogP contribution in [0.3, 0.4) is 0 Å². The number of rotatable bonds is 10. The van der Waals surface area contributed by atoms with E-state index in [1.54, 1.807) is 14.5 Å². The lowest BCUT2D eigenvalue weighted by molar-refractivity contribution is -0.139. The molecule has 0 radical (unpaired) electrons. The Hall–Kier alpha value is -3.82. The summed E-state index contributed by atoms with van der Waals surface area (Å²) in [5, 5.41) is 28.8. The number of fused-ring (bicyclic) bond motifs is 1. The Morgan fingerprint density at radius 3 is 2.62 bits per heavy atom. The number of β-lactam (4-membered cyclic amide) rings is 1. The van der Waals surface area contributed by atoms with E-state index >= 15 is 0 Å². The Kier molecular flexibility index (Phi) is 6.90. The molecule has 2 atom stereocenters. The van der Waals surface area contributed by atoms with E-state index < -0.39 is 11.5 Å². The van der Waals surface area contributed by atoms with E-state index in [1.807, 2.05) is 73.8 Å². The molecule has 0 bridgehead atoms. The monoisotopic (exact) mass is 501 g/mol. The summed E-state index contributed by atoms with van der Waals surface area (Å²) in [6.45, 7) is 3.55. The van der Waals surface area contributed by atoms with Crippen LogP contribution in [-0.4, -0.2) is 50.2 Å². The zero-order valence-electron chi connectivity index (χ0n) is 20.8. The van der Waals surface area contributed by atoms with Gasteiger partial charge in [-0.05, 0) is 30.2 Å². The number of hydrogen-bond acceptors (Lipinski definition) is 6. The zero-order valence-corrected chi connectivity index (χ0v) is 20.8. The minimum absolute atomic E-state index is 0.0339. The standard InChI is InChI=1S/C28H31N5O4/c1-20(6-4-5-15-31-19-22(14-17-34)29-30-31)28(37)24-7-2-3-8-25(24)33(27(28)36)18-21-9-11-23(12-10-21)32-16-13-26(32)35/h2-4,6-12,19-20,34,37H,5,13-18H2,1H3/b6-4+/t20-,28+/m0/s1. The fourth-order valence-corrected chi connectivity index (χ4v) is 4.93. The van der Waals surface area contributed by atoms with E-state index in [9.17, 15) is 14.7 Å². The van der Waals surface area contributed by atoms with Crippen LogP contribution in [0.2, 0.25) is 0 Å². The first-order valence-electron chi connectivity index (χ1n) is 12.6. The normalized spacial score (nSPS) is 20.0. The van der Waals surface area contributed by atoms with Gasteiger partial charge in [-0.2, -0.15) is 0 Å². The molecule has 5 rings (SSSR count). The van der Waals surface area contributed by atoms with Crippen molar-refractivity contribution in [3.05, 3.63) is 83.7 Å². The second-order valence-corrected chi connectivity index (χ2v) is 9.59. The van der Waals surface area contributed by atoms with E-state index in [1.165, 1.54) is 0 Å². The largest absolute Gasteiger partial charge is 0.396 e. The maximum Gasteiger partial charge on any atom is 0.264 e. The number of anilines is 2. The number of carbonyl (C=O) groups is 2. The highest BCUT2D eigenvalue weighted by molar-refractivity contribution is 6.07. The van der Waals surface area contributed by atoms with E-state index in [2.05, 4.69) is 10.3 Å². The second kappa shape index (κ2) is 10.3. The van der Waals surface area contributed by atoms with Gasteiger partial charge in [-0.3, -0.25) is 14.3 Å². The number of aliphatic hydroxyl groups excluding tert-OH is 1. The van der Waals surface area contributed by atoms with Gasteiger partial charge in [-0.1, -0.05) is 54.6 Å². The molecule has 1 saturated heterocycles. The maximum atomic E-state index is 13.7. The molecule has 0 saturated carbocycles. The molecule has 0 unspecified atom stereocenters. The lowest BCUT2D eigenvalue weighted by Gasteiger charge is -2.31. The highest BCUT2D eigenvalue weighted by Crippen LogP contribution is 2.45. The molecule has 3 aromatic rings. The molecular formula is C28H31N5O4. The third-order valence-electron chi connectivity index (χ3n) is 7.18. The number of benzene rings is 2. The number of aromatic nitrogens is 3. The molecule has 0 aliphatic carbocycles. The topological polar surface area (TPSA) is 112 Å². The van der Waals surface area contributed by atoms with Gasteiger partial charge < -0.3 is 20.0 Å². The van der Waals surface area contributed by atoms with Crippen LogP contribution in [0.1, 0.15) is 36.6 Å². The molecule has 192 valence electrons. The van der Waals surface area contributed by atoms with Gasteiger partial charge in [-0.15, -0.1) is 5.10 Å². The van der Waals surface area contributed by atoms with Crippen molar-refractivity contribution in [1.82, 2.24) is 15.0 Å². The first kappa shape index (κ1) is 24.9. The molecule has 0 spiro atoms. The average molecular weight is 502 g/mol. The number of hydrogen-bond donors (Lipinski definition) is 2. The molecule has 2 N–H and O–H groups in total. The van der Waals surface area contributed by atoms with Crippen molar-refractivity contribution in [1.29, 1.82) is 0 Å². The van der Waals surface area contributed by atoms with Crippen LogP contribution in [0.25, 0.3) is 0 Å². The maximum absolute atomic E-state index is 13.7. The molecule has 2 aromatic carbocycles. The van der Waals surface area contributed by atoms with Crippen molar-refractivity contribution < 1.29 is 19.8 Å². The predicted octanol–water partition coefficient (Wildman–Crippen LogP) is 2.57. The van der Waals surface area contributed by atoms with Crippen molar-refractivity contribution in [2.75, 3.05) is 23.0 Å². The Labute approximate surface area is 215 Å². The van der Waals surface area contributed by atoms with Gasteiger partial charge in [0, 0.05) is 55.9 Å². The number of aliphatic hydroxyl groups is 2. The minimum atomic E-state index is -1.67. The second-order valence-electron chi connectivity index (χ2n) is 9.59. The molecule has 1 fully saturated rings. The summed E-state index contributed by atoms with van der Waals surface area (Å²) in [4.78, 5) is 28.8. The quantitative estimate of drug-likeness (QED) is 0.326. The molecule has 1 aromatic heterocycles. The highest BCUT2D eigenvalue weighted by Gasteiger charge is 2.52. The number of carbonyl (C=O) groups excluding carboxylic acids is 2. The first-order valence-corrected chi connectivity index (χ1v) is 12.6. The predicted molar refractivity (Wildman–Crippen MR) is 139 cm³/mol. The van der Waals surface area contributed by atoms with Gasteiger partial charge in [0.15, 0.2) is 5.60 Å². The number of nitrogens with zero attached hydrogens (tertiary/aromatic N) is 5. The van der Waals surface area contributed by atoms with E-state index in [4.69, 9.17) is 5.11 Å². The van der Waals surface area contributed by atoms with Crippen LogP contribution < -0.4 is 9.80 Å². The first-order chi connectivity index (χ1) is 17.9. The third kappa shape index (κ3) is 4.68. The van der Waals surface area contributed by atoms with E-state index in [0.717, 1.165) is 23.5 Å². The van der Waals surface area contributed by atoms with E-state index in [0.29, 0.717) is 43.6 Å². The smallest absolute Gasteiger partial charge is 0.264 e. The summed E-state index contributed by atoms with van der Waals surface area (Å²) in [5.41, 5.74) is 2.16. The summed E-state index contributed by atoms with van der Waals surface area (Å²) < 4.78 is 1.72. The lowest BCUT2D eigenvalue weighted by Crippen LogP contribution is -2.44. The van der Waals surface area contributed by atoms with Gasteiger partial charge in [0.05, 0.1) is 17.9 Å². The lowest BCUT2D eigenvalue weighted by atomic mass is 9.83. The van der Waals surface area contributed by atoms with Gasteiger partial charge in [0.25, 0.3) is 5.91 Å². The van der Waals surface area contributed by atoms with Crippen molar-refractivity contribution in [3.63, 3.8) is 0 Å².